The van der Waals surface area contributed by atoms with Crippen LogP contribution in [0.2, 0.25) is 10.0 Å². The molecule has 0 fully saturated rings. The highest BCUT2D eigenvalue weighted by molar-refractivity contribution is 9.11. The van der Waals surface area contributed by atoms with Gasteiger partial charge in [-0.15, -0.1) is 0 Å². The first-order valence-corrected chi connectivity index (χ1v) is 7.10. The van der Waals surface area contributed by atoms with Crippen molar-refractivity contribution in [3.8, 4) is 0 Å². The average molecular weight is 350 g/mol. The molecule has 0 saturated carbocycles. The third-order valence-electron chi connectivity index (χ3n) is 3.22. The minimum absolute atomic E-state index is 0.203. The van der Waals surface area contributed by atoms with Gasteiger partial charge in [-0.1, -0.05) is 39.1 Å². The van der Waals surface area contributed by atoms with Crippen molar-refractivity contribution in [2.75, 3.05) is 7.05 Å². The second kappa shape index (κ2) is 4.87. The van der Waals surface area contributed by atoms with Crippen LogP contribution < -0.4 is 0 Å². The van der Waals surface area contributed by atoms with E-state index in [4.69, 9.17) is 27.9 Å². The number of nitrogens with zero attached hydrogens (tertiary/aromatic N) is 1. The lowest BCUT2D eigenvalue weighted by Crippen LogP contribution is -2.32. The summed E-state index contributed by atoms with van der Waals surface area (Å²) >= 11 is 15.3. The molecule has 0 N–H and O–H groups in total. The lowest BCUT2D eigenvalue weighted by atomic mass is 10.0. The fourth-order valence-electron chi connectivity index (χ4n) is 1.75. The monoisotopic (exact) mass is 348 g/mol. The summed E-state index contributed by atoms with van der Waals surface area (Å²) in [6.07, 6.45) is 0. The van der Waals surface area contributed by atoms with Crippen molar-refractivity contribution in [1.82, 2.24) is 0 Å². The fraction of sp³-hybridized carbons (Fsp3) is 0.308. The Hall–Kier alpha value is -0.510. The van der Waals surface area contributed by atoms with Crippen molar-refractivity contribution in [3.63, 3.8) is 0 Å². The number of halogens is 3. The molecule has 0 spiro atoms. The van der Waals surface area contributed by atoms with Gasteiger partial charge in [0.1, 0.15) is 7.05 Å². The standard InChI is InChI=1S/C13H13BrCl2NO/c1-13(2)11(7-14)18-12(17(13)3)8-4-5-9(15)10(16)6-8/h4-7H,1-3H3/q+1. The van der Waals surface area contributed by atoms with Crippen LogP contribution in [-0.4, -0.2) is 23.1 Å². The Kier molecular flexibility index (Phi) is 3.77. The number of hydrogen-bond donors (Lipinski definition) is 0. The van der Waals surface area contributed by atoms with Crippen LogP contribution in [0, 0.1) is 0 Å². The zero-order chi connectivity index (χ0) is 13.5. The molecule has 18 heavy (non-hydrogen) atoms. The second-order valence-electron chi connectivity index (χ2n) is 4.63. The van der Waals surface area contributed by atoms with Crippen LogP contribution in [0.5, 0.6) is 0 Å². The molecule has 0 aliphatic carbocycles. The summed E-state index contributed by atoms with van der Waals surface area (Å²) < 4.78 is 7.94. The largest absolute Gasteiger partial charge is 0.401 e. The fourth-order valence-corrected chi connectivity index (χ4v) is 2.71. The highest BCUT2D eigenvalue weighted by Crippen LogP contribution is 2.32. The van der Waals surface area contributed by atoms with Gasteiger partial charge in [0.2, 0.25) is 5.54 Å². The van der Waals surface area contributed by atoms with Gasteiger partial charge in [0, 0.05) is 18.8 Å². The van der Waals surface area contributed by atoms with E-state index < -0.39 is 0 Å². The van der Waals surface area contributed by atoms with E-state index in [0.717, 1.165) is 17.2 Å². The van der Waals surface area contributed by atoms with Crippen molar-refractivity contribution in [3.05, 3.63) is 44.6 Å². The topological polar surface area (TPSA) is 12.2 Å². The smallest absolute Gasteiger partial charge is 0.375 e. The van der Waals surface area contributed by atoms with E-state index in [-0.39, 0.29) is 5.54 Å². The first-order chi connectivity index (χ1) is 8.37. The number of ether oxygens (including phenoxy) is 1. The molecule has 0 aromatic heterocycles. The maximum atomic E-state index is 6.04. The van der Waals surface area contributed by atoms with Gasteiger partial charge >= 0.3 is 5.90 Å². The van der Waals surface area contributed by atoms with E-state index in [9.17, 15) is 0 Å². The molecule has 1 aromatic carbocycles. The van der Waals surface area contributed by atoms with Crippen molar-refractivity contribution in [1.29, 1.82) is 0 Å². The lowest BCUT2D eigenvalue weighted by Gasteiger charge is -2.11. The summed E-state index contributed by atoms with van der Waals surface area (Å²) in [5.41, 5.74) is 0.703. The van der Waals surface area contributed by atoms with E-state index in [1.54, 1.807) is 11.1 Å². The Morgan fingerprint density at radius 3 is 2.44 bits per heavy atom. The van der Waals surface area contributed by atoms with Crippen LogP contribution in [0.1, 0.15) is 19.4 Å². The van der Waals surface area contributed by atoms with Crippen LogP contribution in [0.4, 0.5) is 0 Å². The number of benzene rings is 1. The Bertz CT molecular complexity index is 564. The molecule has 0 saturated heterocycles. The summed E-state index contributed by atoms with van der Waals surface area (Å²) in [6.45, 7) is 4.18. The van der Waals surface area contributed by atoms with Crippen LogP contribution in [-0.2, 0) is 4.74 Å². The molecule has 1 aliphatic rings. The molecular weight excluding hydrogens is 337 g/mol. The van der Waals surface area contributed by atoms with Gasteiger partial charge in [0.05, 0.1) is 15.6 Å². The molecular formula is C13H13BrCl2NO+. The quantitative estimate of drug-likeness (QED) is 0.683. The van der Waals surface area contributed by atoms with Gasteiger partial charge in [0.25, 0.3) is 0 Å². The van der Waals surface area contributed by atoms with E-state index in [2.05, 4.69) is 34.4 Å². The Morgan fingerprint density at radius 2 is 1.94 bits per heavy atom. The molecule has 0 amide bonds. The van der Waals surface area contributed by atoms with Gasteiger partial charge in [-0.25, -0.2) is 0 Å². The summed E-state index contributed by atoms with van der Waals surface area (Å²) in [5, 5.41) is 1.06. The number of hydrogen-bond acceptors (Lipinski definition) is 1. The average Bonchev–Trinajstić information content (AvgIpc) is 2.55. The van der Waals surface area contributed by atoms with Crippen molar-refractivity contribution >= 4 is 45.0 Å². The van der Waals surface area contributed by atoms with Gasteiger partial charge in [-0.3, -0.25) is 0 Å². The molecule has 0 bridgehead atoms. The first-order valence-electron chi connectivity index (χ1n) is 5.43. The predicted molar refractivity (Wildman–Crippen MR) is 78.9 cm³/mol. The van der Waals surface area contributed by atoms with E-state index in [0.29, 0.717) is 10.0 Å². The molecule has 1 heterocycles. The maximum absolute atomic E-state index is 6.04. The Morgan fingerprint density at radius 1 is 1.28 bits per heavy atom. The Balaban J connectivity index is 2.52. The summed E-state index contributed by atoms with van der Waals surface area (Å²) in [5.74, 6) is 1.62. The highest BCUT2D eigenvalue weighted by Gasteiger charge is 2.45. The SMILES string of the molecule is C[N+]1=C(c2ccc(Cl)c(Cl)c2)OC(=CBr)C1(C)C. The van der Waals surface area contributed by atoms with Crippen LogP contribution in [0.25, 0.3) is 0 Å². The molecule has 0 unspecified atom stereocenters. The molecule has 1 aliphatic heterocycles. The summed E-state index contributed by atoms with van der Waals surface area (Å²) in [6, 6.07) is 5.47. The zero-order valence-electron chi connectivity index (χ0n) is 10.3. The molecule has 0 atom stereocenters. The minimum atomic E-state index is -0.203. The maximum Gasteiger partial charge on any atom is 0.375 e. The number of likely N-dealkylation sites (N-methyl/N-ethyl adjacent to an activating group) is 1. The molecule has 0 radical (unpaired) electrons. The Labute approximate surface area is 125 Å². The predicted octanol–water partition coefficient (Wildman–Crippen LogP) is 4.43. The molecule has 2 nitrogen and oxygen atoms in total. The minimum Gasteiger partial charge on any atom is -0.401 e. The lowest BCUT2D eigenvalue weighted by molar-refractivity contribution is -0.556. The molecule has 5 heteroatoms. The van der Waals surface area contributed by atoms with Gasteiger partial charge in [0.15, 0.2) is 5.76 Å². The zero-order valence-corrected chi connectivity index (χ0v) is 13.4. The summed E-state index contributed by atoms with van der Waals surface area (Å²) in [7, 11) is 1.99. The molecule has 2 rings (SSSR count). The third-order valence-corrected chi connectivity index (χ3v) is 4.37. The van der Waals surface area contributed by atoms with Crippen molar-refractivity contribution in [2.45, 2.75) is 19.4 Å². The molecule has 96 valence electrons. The van der Waals surface area contributed by atoms with Gasteiger partial charge in [-0.05, 0) is 18.2 Å². The van der Waals surface area contributed by atoms with Gasteiger partial charge in [-0.2, -0.15) is 4.58 Å². The van der Waals surface area contributed by atoms with Crippen molar-refractivity contribution < 1.29 is 9.31 Å². The summed E-state index contributed by atoms with van der Waals surface area (Å²) in [4.78, 5) is 1.80. The highest BCUT2D eigenvalue weighted by atomic mass is 79.9. The van der Waals surface area contributed by atoms with Crippen LogP contribution in [0.3, 0.4) is 0 Å². The van der Waals surface area contributed by atoms with Crippen molar-refractivity contribution in [2.24, 2.45) is 0 Å². The van der Waals surface area contributed by atoms with E-state index in [1.165, 1.54) is 0 Å². The van der Waals surface area contributed by atoms with Gasteiger partial charge < -0.3 is 4.74 Å². The van der Waals surface area contributed by atoms with Crippen LogP contribution in [0.15, 0.2) is 28.9 Å². The number of rotatable bonds is 1. The first kappa shape index (κ1) is 13.9. The second-order valence-corrected chi connectivity index (χ2v) is 5.90. The third kappa shape index (κ3) is 2.20. The normalized spacial score (nSPS) is 20.4. The van der Waals surface area contributed by atoms with E-state index >= 15 is 0 Å². The molecule has 1 aromatic rings. The van der Waals surface area contributed by atoms with Crippen LogP contribution >= 0.6 is 39.1 Å². The van der Waals surface area contributed by atoms with E-state index in [1.807, 2.05) is 19.2 Å².